The van der Waals surface area contributed by atoms with Gasteiger partial charge in [0.05, 0.1) is 28.6 Å². The van der Waals surface area contributed by atoms with Crippen molar-refractivity contribution in [2.75, 3.05) is 11.9 Å². The van der Waals surface area contributed by atoms with Gasteiger partial charge in [-0.1, -0.05) is 30.3 Å². The summed E-state index contributed by atoms with van der Waals surface area (Å²) in [5.41, 5.74) is 5.63. The minimum Gasteiger partial charge on any atom is -0.488 e. The van der Waals surface area contributed by atoms with Gasteiger partial charge in [-0.2, -0.15) is 0 Å². The topological polar surface area (TPSA) is 176 Å². The van der Waals surface area contributed by atoms with E-state index in [4.69, 9.17) is 10.5 Å². The fourth-order valence-corrected chi connectivity index (χ4v) is 3.55. The van der Waals surface area contributed by atoms with Crippen LogP contribution in [-0.2, 0) is 11.4 Å². The maximum Gasteiger partial charge on any atom is 0.272 e. The number of amides is 3. The molecule has 4 rings (SSSR count). The average molecular weight is 487 g/mol. The number of aromatic amines is 2. The van der Waals surface area contributed by atoms with Crippen molar-refractivity contribution in [3.63, 3.8) is 0 Å². The monoisotopic (exact) mass is 487 g/mol. The Morgan fingerprint density at radius 3 is 2.44 bits per heavy atom. The lowest BCUT2D eigenvalue weighted by molar-refractivity contribution is -0.115. The Labute approximate surface area is 203 Å². The number of aromatic nitrogens is 2. The third-order valence-electron chi connectivity index (χ3n) is 5.25. The molecule has 0 unspecified atom stereocenters. The molecule has 0 aliphatic heterocycles. The van der Waals surface area contributed by atoms with Crippen LogP contribution in [0.3, 0.4) is 0 Å². The highest BCUT2D eigenvalue weighted by Gasteiger charge is 2.13. The second kappa shape index (κ2) is 10.4. The van der Waals surface area contributed by atoms with Gasteiger partial charge in [-0.15, -0.1) is 0 Å². The summed E-state index contributed by atoms with van der Waals surface area (Å²) in [4.78, 5) is 60.6. The number of nitrogens with two attached hydrogens (primary N) is 1. The molecule has 0 aliphatic rings. The molecule has 11 heteroatoms. The predicted octanol–water partition coefficient (Wildman–Crippen LogP) is 1.26. The maximum atomic E-state index is 12.6. The van der Waals surface area contributed by atoms with E-state index in [2.05, 4.69) is 20.8 Å². The number of rotatable bonds is 8. The zero-order chi connectivity index (χ0) is 25.7. The number of ether oxygens (including phenoxy) is 1. The van der Waals surface area contributed by atoms with E-state index >= 15 is 0 Å². The fourth-order valence-electron chi connectivity index (χ4n) is 3.55. The molecule has 0 aliphatic carbocycles. The number of hydrogen-bond donors (Lipinski definition) is 5. The fraction of sp³-hybridized carbons (Fsp3) is 0.0800. The van der Waals surface area contributed by atoms with Crippen LogP contribution in [0.4, 0.5) is 5.69 Å². The largest absolute Gasteiger partial charge is 0.488 e. The second-order valence-corrected chi connectivity index (χ2v) is 7.72. The van der Waals surface area contributed by atoms with Crippen LogP contribution in [0.15, 0.2) is 76.3 Å². The van der Waals surface area contributed by atoms with Gasteiger partial charge in [-0.3, -0.25) is 34.2 Å². The summed E-state index contributed by atoms with van der Waals surface area (Å²) in [7, 11) is 0. The molecule has 0 saturated carbocycles. The molecule has 1 aromatic heterocycles. The number of nitrogens with one attached hydrogen (secondary N) is 4. The van der Waals surface area contributed by atoms with E-state index in [0.717, 1.165) is 0 Å². The lowest BCUT2D eigenvalue weighted by Crippen LogP contribution is -2.33. The first kappa shape index (κ1) is 24.0. The Kier molecular flexibility index (Phi) is 6.91. The lowest BCUT2D eigenvalue weighted by Gasteiger charge is -2.11. The predicted molar refractivity (Wildman–Crippen MR) is 132 cm³/mol. The molecule has 3 amide bonds. The van der Waals surface area contributed by atoms with Gasteiger partial charge in [0.1, 0.15) is 12.4 Å². The van der Waals surface area contributed by atoms with E-state index in [1.54, 1.807) is 48.5 Å². The van der Waals surface area contributed by atoms with Crippen LogP contribution >= 0.6 is 0 Å². The van der Waals surface area contributed by atoms with Crippen molar-refractivity contribution in [2.45, 2.75) is 6.61 Å². The average Bonchev–Trinajstić information content (AvgIpc) is 2.88. The van der Waals surface area contributed by atoms with Gasteiger partial charge in [0.15, 0.2) is 0 Å². The molecule has 11 nitrogen and oxygen atoms in total. The van der Waals surface area contributed by atoms with Crippen molar-refractivity contribution < 1.29 is 19.1 Å². The summed E-state index contributed by atoms with van der Waals surface area (Å²) in [6, 6.07) is 17.6. The van der Waals surface area contributed by atoms with Crippen molar-refractivity contribution in [1.29, 1.82) is 0 Å². The summed E-state index contributed by atoms with van der Waals surface area (Å²) in [5.74, 6) is -1.38. The smallest absolute Gasteiger partial charge is 0.272 e. The Bertz CT molecular complexity index is 1590. The highest BCUT2D eigenvalue weighted by Crippen LogP contribution is 2.19. The van der Waals surface area contributed by atoms with Gasteiger partial charge in [0, 0.05) is 5.56 Å². The summed E-state index contributed by atoms with van der Waals surface area (Å²) in [6.07, 6.45) is 0. The molecule has 0 fully saturated rings. The first-order valence-electron chi connectivity index (χ1n) is 10.8. The Morgan fingerprint density at radius 2 is 1.64 bits per heavy atom. The van der Waals surface area contributed by atoms with Crippen molar-refractivity contribution >= 4 is 34.2 Å². The molecule has 4 aromatic rings. The van der Waals surface area contributed by atoms with Crippen LogP contribution in [0.2, 0.25) is 0 Å². The van der Waals surface area contributed by atoms with E-state index < -0.39 is 28.8 Å². The highest BCUT2D eigenvalue weighted by molar-refractivity contribution is 6.04. The minimum absolute atomic E-state index is 0.0338. The standard InChI is InChI=1S/C25H21N5O6/c26-22(32)16-7-1-2-10-19(16)36-13-14-5-3-6-15(11-14)23(33)27-12-20(31)28-18-9-4-8-17-21(18)25(35)30-29-24(17)34/h1-11H,12-13H2,(H2,26,32)(H,27,33)(H,28,31)(H,29,34)(H,30,35). The molecule has 0 saturated heterocycles. The zero-order valence-electron chi connectivity index (χ0n) is 18.8. The van der Waals surface area contributed by atoms with E-state index in [0.29, 0.717) is 16.9 Å². The number of para-hydroxylation sites is 1. The van der Waals surface area contributed by atoms with Gasteiger partial charge in [-0.05, 0) is 42.0 Å². The zero-order valence-corrected chi connectivity index (χ0v) is 18.8. The number of primary amides is 1. The molecule has 36 heavy (non-hydrogen) atoms. The Balaban J connectivity index is 1.39. The third kappa shape index (κ3) is 5.30. The number of benzene rings is 3. The molecular formula is C25H21N5O6. The summed E-state index contributed by atoms with van der Waals surface area (Å²) in [5, 5.41) is 9.64. The quantitative estimate of drug-likeness (QED) is 0.250. The molecule has 0 radical (unpaired) electrons. The van der Waals surface area contributed by atoms with Crippen molar-refractivity contribution in [1.82, 2.24) is 15.5 Å². The molecule has 0 bridgehead atoms. The number of fused-ring (bicyclic) bond motifs is 1. The number of carbonyl (C=O) groups excluding carboxylic acids is 3. The minimum atomic E-state index is -0.614. The number of carbonyl (C=O) groups is 3. The summed E-state index contributed by atoms with van der Waals surface area (Å²) >= 11 is 0. The van der Waals surface area contributed by atoms with E-state index in [9.17, 15) is 24.0 Å². The van der Waals surface area contributed by atoms with Gasteiger partial charge in [-0.25, -0.2) is 0 Å². The third-order valence-corrected chi connectivity index (χ3v) is 5.25. The van der Waals surface area contributed by atoms with Gasteiger partial charge >= 0.3 is 0 Å². The van der Waals surface area contributed by atoms with Gasteiger partial charge in [0.2, 0.25) is 5.91 Å². The van der Waals surface area contributed by atoms with Gasteiger partial charge in [0.25, 0.3) is 22.9 Å². The lowest BCUT2D eigenvalue weighted by atomic mass is 10.1. The first-order chi connectivity index (χ1) is 17.3. The van der Waals surface area contributed by atoms with Crippen molar-refractivity contribution in [3.8, 4) is 5.75 Å². The van der Waals surface area contributed by atoms with E-state index in [-0.39, 0.29) is 35.2 Å². The SMILES string of the molecule is NC(=O)c1ccccc1OCc1cccc(C(=O)NCC(=O)Nc2cccc3c(=O)[nH][nH]c(=O)c23)c1. The van der Waals surface area contributed by atoms with E-state index in [1.807, 2.05) is 0 Å². The molecule has 1 heterocycles. The molecule has 182 valence electrons. The van der Waals surface area contributed by atoms with Gasteiger partial charge < -0.3 is 21.1 Å². The van der Waals surface area contributed by atoms with E-state index in [1.165, 1.54) is 18.2 Å². The highest BCUT2D eigenvalue weighted by atomic mass is 16.5. The first-order valence-corrected chi connectivity index (χ1v) is 10.8. The van der Waals surface area contributed by atoms with Crippen LogP contribution in [0.25, 0.3) is 10.8 Å². The Morgan fingerprint density at radius 1 is 0.889 bits per heavy atom. The van der Waals surface area contributed by atoms with Crippen molar-refractivity contribution in [2.24, 2.45) is 5.73 Å². The van der Waals surface area contributed by atoms with Crippen molar-refractivity contribution in [3.05, 3.63) is 104 Å². The number of H-pyrrole nitrogens is 2. The molecule has 0 spiro atoms. The van der Waals surface area contributed by atoms with Crippen LogP contribution in [-0.4, -0.2) is 34.5 Å². The second-order valence-electron chi connectivity index (χ2n) is 7.72. The molecule has 0 atom stereocenters. The number of hydrogen-bond acceptors (Lipinski definition) is 6. The molecule has 3 aromatic carbocycles. The normalized spacial score (nSPS) is 10.6. The number of anilines is 1. The molecular weight excluding hydrogens is 466 g/mol. The summed E-state index contributed by atoms with van der Waals surface area (Å²) in [6.45, 7) is -0.288. The maximum absolute atomic E-state index is 12.6. The van der Waals surface area contributed by atoms with Crippen LogP contribution in [0.1, 0.15) is 26.3 Å². The Hall–Kier alpha value is -5.19. The summed E-state index contributed by atoms with van der Waals surface area (Å²) < 4.78 is 5.69. The van der Waals surface area contributed by atoms with Crippen LogP contribution < -0.4 is 32.2 Å². The van der Waals surface area contributed by atoms with Crippen LogP contribution in [0.5, 0.6) is 5.75 Å². The molecule has 6 N–H and O–H groups in total. The van der Waals surface area contributed by atoms with Crippen LogP contribution in [0, 0.1) is 0 Å².